The summed E-state index contributed by atoms with van der Waals surface area (Å²) in [6.45, 7) is 4.52. The first-order valence-electron chi connectivity index (χ1n) is 8.93. The van der Waals surface area contributed by atoms with Crippen molar-refractivity contribution in [2.75, 3.05) is 31.1 Å². The number of rotatable bonds is 3. The summed E-state index contributed by atoms with van der Waals surface area (Å²) < 4.78 is 0. The minimum Gasteiger partial charge on any atom is -0.337 e. The number of carbonyl (C=O) groups excluding carboxylic acids is 1. The number of anilines is 1. The first-order chi connectivity index (χ1) is 13.2. The molecule has 1 aliphatic rings. The number of amides is 1. The molecule has 0 atom stereocenters. The fourth-order valence-electron chi connectivity index (χ4n) is 3.16. The summed E-state index contributed by atoms with van der Waals surface area (Å²) in [6, 6.07) is 13.6. The molecular formula is C20H20N6O. The molecule has 2 aromatic heterocycles. The predicted octanol–water partition coefficient (Wildman–Crippen LogP) is 2.20. The number of piperazine rings is 1. The van der Waals surface area contributed by atoms with Crippen LogP contribution in [-0.4, -0.2) is 57.2 Å². The number of nitrogens with zero attached hydrogens (tertiary/aromatic N) is 6. The van der Waals surface area contributed by atoms with Crippen LogP contribution in [0.4, 0.5) is 5.95 Å². The van der Waals surface area contributed by atoms with Crippen molar-refractivity contribution >= 4 is 11.9 Å². The van der Waals surface area contributed by atoms with Gasteiger partial charge in [0.15, 0.2) is 5.69 Å². The van der Waals surface area contributed by atoms with E-state index in [4.69, 9.17) is 0 Å². The van der Waals surface area contributed by atoms with Crippen LogP contribution in [0.5, 0.6) is 0 Å². The third-order valence-corrected chi connectivity index (χ3v) is 4.66. The highest BCUT2D eigenvalue weighted by molar-refractivity contribution is 5.94. The molecule has 27 heavy (non-hydrogen) atoms. The predicted molar refractivity (Wildman–Crippen MR) is 102 cm³/mol. The van der Waals surface area contributed by atoms with Crippen LogP contribution in [-0.2, 0) is 0 Å². The lowest BCUT2D eigenvalue weighted by molar-refractivity contribution is 0.0738. The molecule has 0 bridgehead atoms. The Morgan fingerprint density at radius 3 is 2.30 bits per heavy atom. The minimum atomic E-state index is -0.0757. The first-order valence-corrected chi connectivity index (χ1v) is 8.93. The molecule has 4 rings (SSSR count). The molecule has 0 radical (unpaired) electrons. The molecule has 3 heterocycles. The molecule has 1 aromatic carbocycles. The molecule has 0 N–H and O–H groups in total. The Hall–Kier alpha value is -3.35. The van der Waals surface area contributed by atoms with Crippen molar-refractivity contribution in [3.8, 4) is 11.3 Å². The maximum absolute atomic E-state index is 12.9. The number of hydrogen-bond donors (Lipinski definition) is 0. The Morgan fingerprint density at radius 1 is 0.926 bits per heavy atom. The van der Waals surface area contributed by atoms with Crippen LogP contribution in [0.15, 0.2) is 54.9 Å². The van der Waals surface area contributed by atoms with Gasteiger partial charge in [0.05, 0.1) is 5.69 Å². The molecule has 0 saturated carbocycles. The smallest absolute Gasteiger partial charge is 0.274 e. The topological polar surface area (TPSA) is 75.1 Å². The van der Waals surface area contributed by atoms with Gasteiger partial charge in [-0.05, 0) is 24.6 Å². The van der Waals surface area contributed by atoms with Gasteiger partial charge in [-0.25, -0.2) is 9.97 Å². The van der Waals surface area contributed by atoms with E-state index >= 15 is 0 Å². The van der Waals surface area contributed by atoms with Crippen molar-refractivity contribution < 1.29 is 4.79 Å². The Labute approximate surface area is 157 Å². The van der Waals surface area contributed by atoms with Crippen LogP contribution in [0.25, 0.3) is 11.3 Å². The molecule has 7 nitrogen and oxygen atoms in total. The number of carbonyl (C=O) groups is 1. The van der Waals surface area contributed by atoms with Crippen molar-refractivity contribution in [3.63, 3.8) is 0 Å². The lowest BCUT2D eigenvalue weighted by Gasteiger charge is -2.34. The van der Waals surface area contributed by atoms with E-state index < -0.39 is 0 Å². The second kappa shape index (κ2) is 7.49. The normalized spacial score (nSPS) is 14.3. The summed E-state index contributed by atoms with van der Waals surface area (Å²) in [5, 5.41) is 8.49. The van der Waals surface area contributed by atoms with Crippen LogP contribution in [0.1, 0.15) is 16.1 Å². The zero-order valence-corrected chi connectivity index (χ0v) is 15.1. The fourth-order valence-corrected chi connectivity index (χ4v) is 3.16. The van der Waals surface area contributed by atoms with Crippen LogP contribution in [0.3, 0.4) is 0 Å². The fraction of sp³-hybridized carbons (Fsp3) is 0.250. The Bertz CT molecular complexity index is 924. The van der Waals surface area contributed by atoms with Gasteiger partial charge < -0.3 is 9.80 Å². The van der Waals surface area contributed by atoms with Crippen molar-refractivity contribution in [3.05, 3.63) is 66.1 Å². The van der Waals surface area contributed by atoms with Gasteiger partial charge in [0.1, 0.15) is 0 Å². The highest BCUT2D eigenvalue weighted by atomic mass is 16.2. The van der Waals surface area contributed by atoms with Crippen LogP contribution in [0.2, 0.25) is 0 Å². The van der Waals surface area contributed by atoms with E-state index in [1.165, 1.54) is 0 Å². The van der Waals surface area contributed by atoms with Gasteiger partial charge in [0.2, 0.25) is 5.95 Å². The van der Waals surface area contributed by atoms with E-state index in [2.05, 4.69) is 25.1 Å². The van der Waals surface area contributed by atoms with Gasteiger partial charge in [-0.3, -0.25) is 4.79 Å². The quantitative estimate of drug-likeness (QED) is 0.713. The Kier molecular flexibility index (Phi) is 4.74. The van der Waals surface area contributed by atoms with E-state index in [1.54, 1.807) is 18.5 Å². The standard InChI is InChI=1S/C20H20N6O/c1-15-14-17(16-6-3-2-4-7-16)23-24-18(15)19(27)25-10-12-26(13-11-25)20-21-8-5-9-22-20/h2-9,14H,10-13H2,1H3. The van der Waals surface area contributed by atoms with Crippen molar-refractivity contribution in [2.24, 2.45) is 0 Å². The van der Waals surface area contributed by atoms with E-state index in [0.29, 0.717) is 37.8 Å². The van der Waals surface area contributed by atoms with Crippen LogP contribution >= 0.6 is 0 Å². The van der Waals surface area contributed by atoms with E-state index in [-0.39, 0.29) is 5.91 Å². The highest BCUT2D eigenvalue weighted by Crippen LogP contribution is 2.19. The Morgan fingerprint density at radius 2 is 1.63 bits per heavy atom. The SMILES string of the molecule is Cc1cc(-c2ccccc2)nnc1C(=O)N1CCN(c2ncccn2)CC1. The summed E-state index contributed by atoms with van der Waals surface area (Å²) in [4.78, 5) is 25.3. The van der Waals surface area contributed by atoms with E-state index in [0.717, 1.165) is 16.8 Å². The largest absolute Gasteiger partial charge is 0.337 e. The molecule has 3 aromatic rings. The zero-order valence-electron chi connectivity index (χ0n) is 15.1. The second-order valence-electron chi connectivity index (χ2n) is 6.46. The monoisotopic (exact) mass is 360 g/mol. The van der Waals surface area contributed by atoms with Crippen molar-refractivity contribution in [1.82, 2.24) is 25.1 Å². The third kappa shape index (κ3) is 3.62. The van der Waals surface area contributed by atoms with Crippen molar-refractivity contribution in [1.29, 1.82) is 0 Å². The number of hydrogen-bond acceptors (Lipinski definition) is 6. The molecule has 7 heteroatoms. The van der Waals surface area contributed by atoms with Gasteiger partial charge in [0, 0.05) is 44.1 Å². The van der Waals surface area contributed by atoms with Crippen LogP contribution in [0, 0.1) is 6.92 Å². The zero-order chi connectivity index (χ0) is 18.6. The first kappa shape index (κ1) is 17.1. The molecule has 0 aliphatic carbocycles. The summed E-state index contributed by atoms with van der Waals surface area (Å²) >= 11 is 0. The van der Waals surface area contributed by atoms with Crippen LogP contribution < -0.4 is 4.90 Å². The number of benzene rings is 1. The molecule has 136 valence electrons. The van der Waals surface area contributed by atoms with Gasteiger partial charge >= 0.3 is 0 Å². The lowest BCUT2D eigenvalue weighted by Crippen LogP contribution is -2.49. The van der Waals surface area contributed by atoms with E-state index in [1.807, 2.05) is 48.2 Å². The van der Waals surface area contributed by atoms with Gasteiger partial charge in [0.25, 0.3) is 5.91 Å². The van der Waals surface area contributed by atoms with E-state index in [9.17, 15) is 4.79 Å². The van der Waals surface area contributed by atoms with Gasteiger partial charge in [-0.15, -0.1) is 10.2 Å². The third-order valence-electron chi connectivity index (χ3n) is 4.66. The average Bonchev–Trinajstić information content (AvgIpc) is 2.74. The average molecular weight is 360 g/mol. The molecule has 1 fully saturated rings. The summed E-state index contributed by atoms with van der Waals surface area (Å²) in [7, 11) is 0. The number of aryl methyl sites for hydroxylation is 1. The molecule has 1 aliphatic heterocycles. The van der Waals surface area contributed by atoms with Gasteiger partial charge in [-0.1, -0.05) is 30.3 Å². The minimum absolute atomic E-state index is 0.0757. The molecule has 0 spiro atoms. The number of aromatic nitrogens is 4. The maximum atomic E-state index is 12.9. The van der Waals surface area contributed by atoms with Gasteiger partial charge in [-0.2, -0.15) is 0 Å². The molecule has 1 saturated heterocycles. The highest BCUT2D eigenvalue weighted by Gasteiger charge is 2.25. The molecular weight excluding hydrogens is 340 g/mol. The lowest BCUT2D eigenvalue weighted by atomic mass is 10.1. The molecule has 0 unspecified atom stereocenters. The second-order valence-corrected chi connectivity index (χ2v) is 6.46. The molecule has 1 amide bonds. The summed E-state index contributed by atoms with van der Waals surface area (Å²) in [6.07, 6.45) is 3.46. The summed E-state index contributed by atoms with van der Waals surface area (Å²) in [5.41, 5.74) is 3.01. The van der Waals surface area contributed by atoms with Crippen molar-refractivity contribution in [2.45, 2.75) is 6.92 Å². The maximum Gasteiger partial charge on any atom is 0.274 e. The summed E-state index contributed by atoms with van der Waals surface area (Å²) in [5.74, 6) is 0.626. The Balaban J connectivity index is 1.46.